The van der Waals surface area contributed by atoms with Gasteiger partial charge in [-0.15, -0.1) is 24.8 Å². The predicted molar refractivity (Wildman–Crippen MR) is 122 cm³/mol. The van der Waals surface area contributed by atoms with Crippen LogP contribution in [-0.2, 0) is 0 Å². The van der Waals surface area contributed by atoms with Crippen LogP contribution in [0, 0.1) is 12.7 Å². The van der Waals surface area contributed by atoms with Crippen molar-refractivity contribution in [1.29, 1.82) is 0 Å². The van der Waals surface area contributed by atoms with Crippen molar-refractivity contribution in [1.82, 2.24) is 24.7 Å². The van der Waals surface area contributed by atoms with E-state index < -0.39 is 11.7 Å². The molecule has 2 N–H and O–H groups in total. The van der Waals surface area contributed by atoms with Crippen LogP contribution in [0.5, 0.6) is 0 Å². The van der Waals surface area contributed by atoms with E-state index in [2.05, 4.69) is 25.7 Å². The molecule has 32 heavy (non-hydrogen) atoms. The lowest BCUT2D eigenvalue weighted by Crippen LogP contribution is -2.13. The van der Waals surface area contributed by atoms with Crippen LogP contribution < -0.4 is 5.32 Å². The molecule has 1 amide bonds. The van der Waals surface area contributed by atoms with E-state index in [0.29, 0.717) is 17.0 Å². The van der Waals surface area contributed by atoms with Crippen molar-refractivity contribution in [2.75, 3.05) is 5.32 Å². The smallest absolute Gasteiger partial charge is 0.261 e. The Bertz CT molecular complexity index is 1380. The summed E-state index contributed by atoms with van der Waals surface area (Å²) in [6.07, 6.45) is 7.09. The van der Waals surface area contributed by atoms with Crippen molar-refractivity contribution in [2.24, 2.45) is 0 Å². The number of hydrogen-bond donors (Lipinski definition) is 2. The first-order valence-corrected chi connectivity index (χ1v) is 9.09. The molecule has 164 valence electrons. The minimum Gasteiger partial charge on any atom is -0.338 e. The standard InChI is InChI=1S/C21H15FN6O2.2ClH/c1-12-6-20(30-27-12)26-21(29)16-4-2-13(7-17(16)22)18-10-23-19-5-3-14(11-28(18)19)15-8-24-25-9-15;;/h2-11H,1H3,(H,24,25)(H,26,29);2*1H. The van der Waals surface area contributed by atoms with E-state index in [4.69, 9.17) is 4.52 Å². The maximum Gasteiger partial charge on any atom is 0.261 e. The summed E-state index contributed by atoms with van der Waals surface area (Å²) in [6.45, 7) is 1.72. The highest BCUT2D eigenvalue weighted by Crippen LogP contribution is 2.26. The van der Waals surface area contributed by atoms with Gasteiger partial charge in [-0.3, -0.25) is 19.6 Å². The maximum absolute atomic E-state index is 14.8. The third-order valence-corrected chi connectivity index (χ3v) is 4.71. The Morgan fingerprint density at radius 1 is 1.09 bits per heavy atom. The number of benzene rings is 1. The van der Waals surface area contributed by atoms with E-state index in [1.807, 2.05) is 22.7 Å². The number of hydrogen-bond acceptors (Lipinski definition) is 5. The minimum atomic E-state index is -0.651. The Hall–Kier alpha value is -3.69. The van der Waals surface area contributed by atoms with Crippen LogP contribution in [0.15, 0.2) is 65.7 Å². The van der Waals surface area contributed by atoms with Crippen molar-refractivity contribution < 1.29 is 13.7 Å². The molecule has 0 saturated heterocycles. The average Bonchev–Trinajstić information content (AvgIpc) is 3.48. The molecule has 0 aliphatic heterocycles. The molecule has 0 aliphatic carbocycles. The molecule has 11 heteroatoms. The molecule has 0 atom stereocenters. The van der Waals surface area contributed by atoms with Crippen LogP contribution in [0.3, 0.4) is 0 Å². The summed E-state index contributed by atoms with van der Waals surface area (Å²) < 4.78 is 21.6. The normalized spacial score (nSPS) is 10.4. The predicted octanol–water partition coefficient (Wildman–Crippen LogP) is 4.92. The van der Waals surface area contributed by atoms with Crippen molar-refractivity contribution in [3.05, 3.63) is 78.3 Å². The number of amides is 1. The van der Waals surface area contributed by atoms with Crippen molar-refractivity contribution in [2.45, 2.75) is 6.92 Å². The van der Waals surface area contributed by atoms with Gasteiger partial charge in [0.2, 0.25) is 5.88 Å². The number of anilines is 1. The number of nitrogens with one attached hydrogen (secondary N) is 2. The van der Waals surface area contributed by atoms with Gasteiger partial charge in [0, 0.05) is 35.2 Å². The first-order chi connectivity index (χ1) is 14.6. The lowest BCUT2D eigenvalue weighted by atomic mass is 10.1. The van der Waals surface area contributed by atoms with Gasteiger partial charge in [0.05, 0.1) is 29.3 Å². The molecule has 0 fully saturated rings. The van der Waals surface area contributed by atoms with E-state index in [1.54, 1.807) is 37.6 Å². The Balaban J connectivity index is 0.00000144. The van der Waals surface area contributed by atoms with Gasteiger partial charge < -0.3 is 4.52 Å². The fourth-order valence-corrected chi connectivity index (χ4v) is 3.23. The number of carbonyl (C=O) groups excluding carboxylic acids is 1. The van der Waals surface area contributed by atoms with Gasteiger partial charge in [-0.25, -0.2) is 9.37 Å². The molecule has 0 aliphatic rings. The lowest BCUT2D eigenvalue weighted by Gasteiger charge is -2.07. The number of pyridine rings is 1. The summed E-state index contributed by atoms with van der Waals surface area (Å²) in [7, 11) is 0. The molecule has 4 aromatic heterocycles. The van der Waals surface area contributed by atoms with E-state index >= 15 is 0 Å². The highest BCUT2D eigenvalue weighted by Gasteiger charge is 2.16. The summed E-state index contributed by atoms with van der Waals surface area (Å²) in [5.74, 6) is -1.10. The van der Waals surface area contributed by atoms with Gasteiger partial charge in [0.15, 0.2) is 0 Å². The number of halogens is 3. The molecule has 0 saturated carbocycles. The molecular formula is C21H17Cl2FN6O2. The number of aryl methyl sites for hydroxylation is 1. The largest absolute Gasteiger partial charge is 0.338 e. The number of imidazole rings is 1. The SMILES string of the molecule is Cc1cc(NC(=O)c2ccc(-c3cnc4ccc(-c5cn[nH]c5)cn34)cc2F)on1.Cl.Cl. The van der Waals surface area contributed by atoms with Crippen LogP contribution in [0.1, 0.15) is 16.1 Å². The molecule has 5 rings (SSSR count). The number of rotatable bonds is 4. The lowest BCUT2D eigenvalue weighted by molar-refractivity contribution is 0.102. The number of aromatic amines is 1. The number of fused-ring (bicyclic) bond motifs is 1. The third-order valence-electron chi connectivity index (χ3n) is 4.71. The van der Waals surface area contributed by atoms with Crippen molar-refractivity contribution in [3.63, 3.8) is 0 Å². The number of H-pyrrole nitrogens is 1. The molecule has 1 aromatic carbocycles. The van der Waals surface area contributed by atoms with Crippen LogP contribution in [0.4, 0.5) is 10.3 Å². The molecular weight excluding hydrogens is 458 g/mol. The first-order valence-electron chi connectivity index (χ1n) is 9.09. The van der Waals surface area contributed by atoms with E-state index in [0.717, 1.165) is 16.8 Å². The zero-order valence-corrected chi connectivity index (χ0v) is 18.2. The van der Waals surface area contributed by atoms with Crippen molar-refractivity contribution >= 4 is 42.3 Å². The zero-order valence-electron chi connectivity index (χ0n) is 16.6. The van der Waals surface area contributed by atoms with Gasteiger partial charge in [-0.05, 0) is 31.2 Å². The van der Waals surface area contributed by atoms with Gasteiger partial charge in [-0.2, -0.15) is 5.10 Å². The molecule has 0 radical (unpaired) electrons. The van der Waals surface area contributed by atoms with Gasteiger partial charge in [0.1, 0.15) is 11.5 Å². The van der Waals surface area contributed by atoms with Crippen LogP contribution in [0.2, 0.25) is 0 Å². The average molecular weight is 475 g/mol. The summed E-state index contributed by atoms with van der Waals surface area (Å²) in [4.78, 5) is 16.7. The Labute approximate surface area is 193 Å². The van der Waals surface area contributed by atoms with Crippen LogP contribution in [-0.4, -0.2) is 30.6 Å². The van der Waals surface area contributed by atoms with Gasteiger partial charge in [0.25, 0.3) is 5.91 Å². The maximum atomic E-state index is 14.8. The van der Waals surface area contributed by atoms with Crippen molar-refractivity contribution in [3.8, 4) is 22.4 Å². The minimum absolute atomic E-state index is 0. The van der Waals surface area contributed by atoms with Gasteiger partial charge >= 0.3 is 0 Å². The Morgan fingerprint density at radius 2 is 1.91 bits per heavy atom. The van der Waals surface area contributed by atoms with E-state index in [-0.39, 0.29) is 36.3 Å². The second kappa shape index (κ2) is 9.21. The summed E-state index contributed by atoms with van der Waals surface area (Å²) >= 11 is 0. The fraction of sp³-hybridized carbons (Fsp3) is 0.0476. The highest BCUT2D eigenvalue weighted by molar-refractivity contribution is 6.04. The molecule has 0 unspecified atom stereocenters. The van der Waals surface area contributed by atoms with E-state index in [1.165, 1.54) is 12.1 Å². The summed E-state index contributed by atoms with van der Waals surface area (Å²) in [5.41, 5.74) is 4.40. The highest BCUT2D eigenvalue weighted by atomic mass is 35.5. The monoisotopic (exact) mass is 474 g/mol. The number of carbonyl (C=O) groups is 1. The Morgan fingerprint density at radius 3 is 2.59 bits per heavy atom. The fourth-order valence-electron chi connectivity index (χ4n) is 3.23. The Kier molecular flexibility index (Phi) is 6.61. The van der Waals surface area contributed by atoms with Crippen LogP contribution >= 0.6 is 24.8 Å². The molecule has 0 spiro atoms. The molecule has 5 aromatic rings. The topological polar surface area (TPSA) is 101 Å². The summed E-state index contributed by atoms with van der Waals surface area (Å²) in [5, 5.41) is 12.9. The number of nitrogens with zero attached hydrogens (tertiary/aromatic N) is 4. The molecule has 8 nitrogen and oxygen atoms in total. The number of aromatic nitrogens is 5. The second-order valence-electron chi connectivity index (χ2n) is 6.76. The third kappa shape index (κ3) is 4.20. The summed E-state index contributed by atoms with van der Waals surface area (Å²) in [6, 6.07) is 9.80. The van der Waals surface area contributed by atoms with Crippen LogP contribution in [0.25, 0.3) is 28.0 Å². The van der Waals surface area contributed by atoms with Gasteiger partial charge in [-0.1, -0.05) is 11.2 Å². The van der Waals surface area contributed by atoms with E-state index in [9.17, 15) is 9.18 Å². The quantitative estimate of drug-likeness (QED) is 0.384. The first kappa shape index (κ1) is 23.0. The molecule has 0 bridgehead atoms. The zero-order chi connectivity index (χ0) is 20.7. The second-order valence-corrected chi connectivity index (χ2v) is 6.76. The molecule has 4 heterocycles.